The van der Waals surface area contributed by atoms with Gasteiger partial charge in [0.05, 0.1) is 16.2 Å². The second kappa shape index (κ2) is 7.56. The van der Waals surface area contributed by atoms with Crippen molar-refractivity contribution in [3.63, 3.8) is 0 Å². The first-order valence-corrected chi connectivity index (χ1v) is 11.2. The molecule has 1 aliphatic rings. The number of rotatable bonds is 5. The molecule has 12 heteroatoms. The highest BCUT2D eigenvalue weighted by Crippen LogP contribution is 2.32. The number of carbonyl (C=O) groups excluding carboxylic acids is 2. The lowest BCUT2D eigenvalue weighted by Crippen LogP contribution is -2.45. The molecule has 0 radical (unpaired) electrons. The highest BCUT2D eigenvalue weighted by Gasteiger charge is 2.45. The molecular weight excluding hydrogens is 444 g/mol. The molecule has 10 nitrogen and oxygen atoms in total. The molecule has 1 N–H and O–H groups in total. The number of hydrogen-bond donors (Lipinski definition) is 1. The molecule has 1 unspecified atom stereocenters. The van der Waals surface area contributed by atoms with Crippen LogP contribution >= 0.6 is 11.3 Å². The van der Waals surface area contributed by atoms with Crippen molar-refractivity contribution in [1.82, 2.24) is 9.29 Å². The summed E-state index contributed by atoms with van der Waals surface area (Å²) >= 11 is 1.07. The van der Waals surface area contributed by atoms with E-state index in [1.807, 2.05) is 0 Å². The van der Waals surface area contributed by atoms with Crippen molar-refractivity contribution in [2.24, 2.45) is 0 Å². The van der Waals surface area contributed by atoms with Crippen LogP contribution in [0.3, 0.4) is 0 Å². The molecule has 0 aliphatic carbocycles. The molecule has 0 saturated heterocycles. The number of nitrogens with zero attached hydrogens (tertiary/aromatic N) is 3. The van der Waals surface area contributed by atoms with Gasteiger partial charge in [0.15, 0.2) is 5.13 Å². The van der Waals surface area contributed by atoms with Gasteiger partial charge < -0.3 is 5.32 Å². The Bertz CT molecular complexity index is 1330. The van der Waals surface area contributed by atoms with E-state index in [0.717, 1.165) is 11.3 Å². The van der Waals surface area contributed by atoms with Crippen molar-refractivity contribution in [2.45, 2.75) is 17.9 Å². The predicted molar refractivity (Wildman–Crippen MR) is 112 cm³/mol. The van der Waals surface area contributed by atoms with Crippen LogP contribution in [0, 0.1) is 10.1 Å². The van der Waals surface area contributed by atoms with Gasteiger partial charge in [0.1, 0.15) is 10.9 Å². The largest absolute Gasteiger partial charge is 0.300 e. The first-order valence-electron chi connectivity index (χ1n) is 8.89. The number of sulfonamides is 1. The molecule has 2 heterocycles. The lowest BCUT2D eigenvalue weighted by atomic mass is 10.1. The quantitative estimate of drug-likeness (QED) is 0.458. The summed E-state index contributed by atoms with van der Waals surface area (Å²) in [7, 11) is -4.14. The third-order valence-electron chi connectivity index (χ3n) is 4.67. The minimum absolute atomic E-state index is 0.0179. The smallest absolute Gasteiger partial charge is 0.270 e. The Kier molecular flexibility index (Phi) is 5.03. The number of thiazole rings is 1. The number of nitrogens with one attached hydrogen (secondary N) is 1. The van der Waals surface area contributed by atoms with Gasteiger partial charge in [-0.15, -0.1) is 11.3 Å². The topological polar surface area (TPSA) is 140 Å². The van der Waals surface area contributed by atoms with E-state index in [1.54, 1.807) is 17.5 Å². The number of amides is 2. The summed E-state index contributed by atoms with van der Waals surface area (Å²) in [5.41, 5.74) is 0.826. The Balaban J connectivity index is 1.54. The minimum atomic E-state index is -4.14. The fraction of sp³-hybridized carbons (Fsp3) is 0.105. The van der Waals surface area contributed by atoms with Crippen LogP contribution in [0.15, 0.2) is 58.8 Å². The van der Waals surface area contributed by atoms with Crippen molar-refractivity contribution in [1.29, 1.82) is 0 Å². The second-order valence-electron chi connectivity index (χ2n) is 6.61. The van der Waals surface area contributed by atoms with E-state index in [-0.39, 0.29) is 21.3 Å². The van der Waals surface area contributed by atoms with Crippen molar-refractivity contribution in [3.8, 4) is 11.3 Å². The fourth-order valence-electron chi connectivity index (χ4n) is 3.14. The molecule has 4 rings (SSSR count). The molecule has 158 valence electrons. The maximum atomic E-state index is 12.7. The number of fused-ring (bicyclic) bond motifs is 1. The Morgan fingerprint density at radius 1 is 1.23 bits per heavy atom. The highest BCUT2D eigenvalue weighted by molar-refractivity contribution is 7.90. The molecule has 31 heavy (non-hydrogen) atoms. The highest BCUT2D eigenvalue weighted by atomic mass is 32.2. The lowest BCUT2D eigenvalue weighted by molar-refractivity contribution is -0.384. The molecule has 0 fully saturated rings. The van der Waals surface area contributed by atoms with Crippen LogP contribution in [0.2, 0.25) is 0 Å². The monoisotopic (exact) mass is 458 g/mol. The molecule has 0 saturated carbocycles. The van der Waals surface area contributed by atoms with E-state index < -0.39 is 32.8 Å². The van der Waals surface area contributed by atoms with Crippen LogP contribution in [-0.2, 0) is 14.8 Å². The Hall–Kier alpha value is -3.64. The SMILES string of the molecule is CC(C(=O)Nc1nc(-c2cccc([N+](=O)[O-])c2)cs1)N1C(=O)c2ccccc2S1(=O)=O. The Morgan fingerprint density at radius 2 is 1.97 bits per heavy atom. The second-order valence-corrected chi connectivity index (χ2v) is 9.25. The summed E-state index contributed by atoms with van der Waals surface area (Å²) in [5, 5.41) is 15.2. The van der Waals surface area contributed by atoms with Gasteiger partial charge in [0, 0.05) is 23.1 Å². The molecule has 0 spiro atoms. The van der Waals surface area contributed by atoms with Gasteiger partial charge in [0.25, 0.3) is 21.6 Å². The zero-order valence-corrected chi connectivity index (χ0v) is 17.5. The van der Waals surface area contributed by atoms with Crippen molar-refractivity contribution >= 4 is 44.0 Å². The fourth-order valence-corrected chi connectivity index (χ4v) is 5.59. The predicted octanol–water partition coefficient (Wildman–Crippen LogP) is 2.89. The number of carbonyl (C=O) groups is 2. The van der Waals surface area contributed by atoms with Crippen LogP contribution in [0.4, 0.5) is 10.8 Å². The van der Waals surface area contributed by atoms with Gasteiger partial charge in [-0.25, -0.2) is 17.7 Å². The number of benzene rings is 2. The van der Waals surface area contributed by atoms with Crippen LogP contribution in [0.5, 0.6) is 0 Å². The molecule has 3 aromatic rings. The molecule has 1 aromatic heterocycles. The van der Waals surface area contributed by atoms with Crippen molar-refractivity contribution in [3.05, 3.63) is 69.6 Å². The first kappa shape index (κ1) is 20.6. The van der Waals surface area contributed by atoms with Crippen LogP contribution in [-0.4, -0.2) is 40.5 Å². The summed E-state index contributed by atoms with van der Waals surface area (Å²) in [6, 6.07) is 10.3. The van der Waals surface area contributed by atoms with E-state index >= 15 is 0 Å². The third-order valence-corrected chi connectivity index (χ3v) is 7.34. The van der Waals surface area contributed by atoms with Crippen LogP contribution in [0.25, 0.3) is 11.3 Å². The van der Waals surface area contributed by atoms with Gasteiger partial charge in [0.2, 0.25) is 5.91 Å². The van der Waals surface area contributed by atoms with E-state index in [0.29, 0.717) is 15.6 Å². The molecule has 1 atom stereocenters. The summed E-state index contributed by atoms with van der Waals surface area (Å²) in [4.78, 5) is 39.8. The Morgan fingerprint density at radius 3 is 2.68 bits per heavy atom. The lowest BCUT2D eigenvalue weighted by Gasteiger charge is -2.21. The van der Waals surface area contributed by atoms with E-state index in [9.17, 15) is 28.1 Å². The number of non-ortho nitro benzene ring substituents is 1. The minimum Gasteiger partial charge on any atom is -0.300 e. The van der Waals surface area contributed by atoms with Gasteiger partial charge in [-0.3, -0.25) is 19.7 Å². The molecule has 0 bridgehead atoms. The zero-order chi connectivity index (χ0) is 22.3. The van der Waals surface area contributed by atoms with Gasteiger partial charge in [-0.2, -0.15) is 0 Å². The third kappa shape index (κ3) is 3.55. The molecular formula is C19H14N4O6S2. The van der Waals surface area contributed by atoms with Crippen molar-refractivity contribution < 1.29 is 22.9 Å². The average Bonchev–Trinajstić information content (AvgIpc) is 3.29. The summed E-state index contributed by atoms with van der Waals surface area (Å²) < 4.78 is 26.0. The van der Waals surface area contributed by atoms with Gasteiger partial charge in [-0.1, -0.05) is 24.3 Å². The van der Waals surface area contributed by atoms with Gasteiger partial charge >= 0.3 is 0 Å². The number of nitro benzene ring substituents is 1. The summed E-state index contributed by atoms with van der Waals surface area (Å²) in [5.74, 6) is -1.50. The average molecular weight is 458 g/mol. The number of hydrogen-bond acceptors (Lipinski definition) is 8. The maximum absolute atomic E-state index is 12.7. The molecule has 2 amide bonds. The van der Waals surface area contributed by atoms with E-state index in [1.165, 1.54) is 43.3 Å². The summed E-state index contributed by atoms with van der Waals surface area (Å²) in [6.45, 7) is 1.31. The standard InChI is InChI=1S/C19H14N4O6S2/c1-11(22-18(25)14-7-2-3-8-16(14)31(22,28)29)17(24)21-19-20-15(10-30-19)12-5-4-6-13(9-12)23(26)27/h2-11H,1H3,(H,20,21,24). The number of aromatic nitrogens is 1. The summed E-state index contributed by atoms with van der Waals surface area (Å²) in [6.07, 6.45) is 0. The van der Waals surface area contributed by atoms with Crippen molar-refractivity contribution in [2.75, 3.05) is 5.32 Å². The zero-order valence-electron chi connectivity index (χ0n) is 15.9. The normalized spacial score (nSPS) is 15.4. The van der Waals surface area contributed by atoms with E-state index in [2.05, 4.69) is 10.3 Å². The molecule has 2 aromatic carbocycles. The maximum Gasteiger partial charge on any atom is 0.270 e. The van der Waals surface area contributed by atoms with Gasteiger partial charge in [-0.05, 0) is 19.1 Å². The first-order chi connectivity index (χ1) is 14.7. The Labute approximate surface area is 180 Å². The van der Waals surface area contributed by atoms with E-state index in [4.69, 9.17) is 0 Å². The number of anilines is 1. The van der Waals surface area contributed by atoms with Crippen LogP contribution < -0.4 is 5.32 Å². The molecule has 1 aliphatic heterocycles. The number of nitro groups is 1. The van der Waals surface area contributed by atoms with Crippen LogP contribution in [0.1, 0.15) is 17.3 Å².